The fourth-order valence-corrected chi connectivity index (χ4v) is 4.95. The average Bonchev–Trinajstić information content (AvgIpc) is 3.08. The molecule has 0 fully saturated rings. The molecule has 1 aromatic heterocycles. The van der Waals surface area contributed by atoms with E-state index in [0.717, 1.165) is 5.56 Å². The molecule has 162 valence electrons. The summed E-state index contributed by atoms with van der Waals surface area (Å²) in [6, 6.07) is 14.1. The molecule has 32 heavy (non-hydrogen) atoms. The van der Waals surface area contributed by atoms with Crippen LogP contribution in [0.1, 0.15) is 24.1 Å². The van der Waals surface area contributed by atoms with Crippen LogP contribution in [0.25, 0.3) is 12.2 Å². The first-order chi connectivity index (χ1) is 15.4. The van der Waals surface area contributed by atoms with Gasteiger partial charge in [0, 0.05) is 10.0 Å². The van der Waals surface area contributed by atoms with Crippen molar-refractivity contribution in [2.45, 2.75) is 13.0 Å². The number of rotatable bonds is 4. The molecule has 0 radical (unpaired) electrons. The van der Waals surface area contributed by atoms with Crippen LogP contribution in [0.2, 0.25) is 10.0 Å². The number of thiazole rings is 1. The third-order valence-corrected chi connectivity index (χ3v) is 6.53. The van der Waals surface area contributed by atoms with Crippen molar-refractivity contribution in [2.75, 3.05) is 7.11 Å². The minimum absolute atomic E-state index is 0.267. The van der Waals surface area contributed by atoms with Gasteiger partial charge in [-0.25, -0.2) is 9.79 Å². The maximum absolute atomic E-state index is 13.4. The first-order valence-electron chi connectivity index (χ1n) is 9.68. The number of benzene rings is 2. The lowest BCUT2D eigenvalue weighted by molar-refractivity contribution is -0.136. The number of methoxy groups -OCH3 is 1. The summed E-state index contributed by atoms with van der Waals surface area (Å²) in [5.41, 5.74) is 2.18. The zero-order valence-electron chi connectivity index (χ0n) is 17.2. The Hall–Kier alpha value is -2.93. The van der Waals surface area contributed by atoms with Crippen LogP contribution in [0.5, 0.6) is 0 Å². The van der Waals surface area contributed by atoms with Gasteiger partial charge in [-0.15, -0.1) is 0 Å². The van der Waals surface area contributed by atoms with E-state index in [2.05, 4.69) is 4.99 Å². The van der Waals surface area contributed by atoms with E-state index < -0.39 is 12.0 Å². The lowest BCUT2D eigenvalue weighted by atomic mass is 10.0. The van der Waals surface area contributed by atoms with Crippen LogP contribution in [0.3, 0.4) is 0 Å². The third kappa shape index (κ3) is 4.35. The lowest BCUT2D eigenvalue weighted by Gasteiger charge is -2.21. The molecule has 1 aliphatic heterocycles. The van der Waals surface area contributed by atoms with E-state index in [4.69, 9.17) is 27.9 Å². The number of aromatic nitrogens is 1. The van der Waals surface area contributed by atoms with E-state index in [9.17, 15) is 9.59 Å². The first-order valence-corrected chi connectivity index (χ1v) is 11.3. The first kappa shape index (κ1) is 22.3. The van der Waals surface area contributed by atoms with E-state index in [1.807, 2.05) is 42.5 Å². The van der Waals surface area contributed by atoms with Gasteiger partial charge in [0.15, 0.2) is 4.80 Å². The molecule has 0 saturated carbocycles. The van der Waals surface area contributed by atoms with Crippen LogP contribution < -0.4 is 14.9 Å². The zero-order chi connectivity index (χ0) is 22.8. The summed E-state index contributed by atoms with van der Waals surface area (Å²) in [6.07, 6.45) is 5.40. The topological polar surface area (TPSA) is 60.7 Å². The van der Waals surface area contributed by atoms with Gasteiger partial charge in [-0.05, 0) is 36.3 Å². The predicted octanol–water partition coefficient (Wildman–Crippen LogP) is 4.38. The summed E-state index contributed by atoms with van der Waals surface area (Å²) in [5, 5.41) is 0.952. The van der Waals surface area contributed by atoms with Gasteiger partial charge in [0.1, 0.15) is 0 Å². The molecule has 3 aromatic rings. The highest BCUT2D eigenvalue weighted by atomic mass is 35.5. The number of fused-ring (bicyclic) bond motifs is 1. The molecule has 0 bridgehead atoms. The molecule has 8 heteroatoms. The maximum atomic E-state index is 13.4. The molecule has 0 saturated heterocycles. The van der Waals surface area contributed by atoms with Crippen molar-refractivity contribution in [2.24, 2.45) is 4.99 Å². The van der Waals surface area contributed by atoms with Crippen molar-refractivity contribution in [3.8, 4) is 0 Å². The van der Waals surface area contributed by atoms with Crippen molar-refractivity contribution in [1.82, 2.24) is 4.57 Å². The molecule has 2 heterocycles. The maximum Gasteiger partial charge on any atom is 0.338 e. The molecular weight excluding hydrogens is 467 g/mol. The largest absolute Gasteiger partial charge is 0.466 e. The normalized spacial score (nSPS) is 16.2. The van der Waals surface area contributed by atoms with Gasteiger partial charge in [0.25, 0.3) is 5.56 Å². The van der Waals surface area contributed by atoms with Gasteiger partial charge in [-0.2, -0.15) is 0 Å². The van der Waals surface area contributed by atoms with Crippen molar-refractivity contribution >= 4 is 52.7 Å². The van der Waals surface area contributed by atoms with Crippen LogP contribution >= 0.6 is 34.5 Å². The van der Waals surface area contributed by atoms with E-state index in [1.54, 1.807) is 31.2 Å². The van der Waals surface area contributed by atoms with E-state index in [0.29, 0.717) is 36.2 Å². The summed E-state index contributed by atoms with van der Waals surface area (Å²) < 4.78 is 6.95. The van der Waals surface area contributed by atoms with Crippen molar-refractivity contribution in [3.63, 3.8) is 0 Å². The van der Waals surface area contributed by atoms with Crippen molar-refractivity contribution < 1.29 is 9.53 Å². The highest BCUT2D eigenvalue weighted by molar-refractivity contribution is 7.07. The quantitative estimate of drug-likeness (QED) is 0.516. The van der Waals surface area contributed by atoms with Gasteiger partial charge < -0.3 is 4.74 Å². The van der Waals surface area contributed by atoms with E-state index in [1.165, 1.54) is 23.0 Å². The van der Waals surface area contributed by atoms with Gasteiger partial charge >= 0.3 is 5.97 Å². The Balaban J connectivity index is 1.90. The minimum atomic E-state index is -0.651. The van der Waals surface area contributed by atoms with Crippen LogP contribution in [0.4, 0.5) is 0 Å². The number of ether oxygens (including phenoxy) is 1. The average molecular weight is 485 g/mol. The summed E-state index contributed by atoms with van der Waals surface area (Å²) in [4.78, 5) is 31.0. The van der Waals surface area contributed by atoms with E-state index in [-0.39, 0.29) is 5.56 Å². The monoisotopic (exact) mass is 484 g/mol. The Morgan fingerprint density at radius 2 is 1.94 bits per heavy atom. The predicted molar refractivity (Wildman–Crippen MR) is 129 cm³/mol. The Morgan fingerprint density at radius 1 is 1.19 bits per heavy atom. The molecule has 5 nitrogen and oxygen atoms in total. The summed E-state index contributed by atoms with van der Waals surface area (Å²) >= 11 is 13.5. The number of esters is 1. The Kier molecular flexibility index (Phi) is 6.46. The second-order valence-electron chi connectivity index (χ2n) is 7.05. The number of halogens is 2. The van der Waals surface area contributed by atoms with Gasteiger partial charge in [0.05, 0.1) is 29.0 Å². The number of carbonyl (C=O) groups is 1. The summed E-state index contributed by atoms with van der Waals surface area (Å²) in [6.45, 7) is 1.74. The molecule has 1 atom stereocenters. The van der Waals surface area contributed by atoms with Crippen molar-refractivity contribution in [3.05, 3.63) is 107 Å². The SMILES string of the molecule is COC(=O)C1=C(C)N=c2sc(=Cc3ccc(Cl)cc3Cl)c(=O)n2[C@@H]1/C=C/c1ccccc1. The molecule has 0 spiro atoms. The molecule has 0 N–H and O–H groups in total. The minimum Gasteiger partial charge on any atom is -0.466 e. The highest BCUT2D eigenvalue weighted by Gasteiger charge is 2.30. The smallest absolute Gasteiger partial charge is 0.338 e. The van der Waals surface area contributed by atoms with Crippen molar-refractivity contribution in [1.29, 1.82) is 0 Å². The Morgan fingerprint density at radius 3 is 2.62 bits per heavy atom. The number of carbonyl (C=O) groups excluding carboxylic acids is 1. The van der Waals surface area contributed by atoms with Crippen LogP contribution in [-0.4, -0.2) is 17.6 Å². The van der Waals surface area contributed by atoms with Crippen LogP contribution in [0, 0.1) is 0 Å². The second kappa shape index (κ2) is 9.28. The number of allylic oxidation sites excluding steroid dienone is 2. The van der Waals surface area contributed by atoms with Gasteiger partial charge in [0.2, 0.25) is 0 Å². The number of hydrogen-bond donors (Lipinski definition) is 0. The second-order valence-corrected chi connectivity index (χ2v) is 8.90. The molecular formula is C24H18Cl2N2O3S. The van der Waals surface area contributed by atoms with E-state index >= 15 is 0 Å². The van der Waals surface area contributed by atoms with Crippen LogP contribution in [-0.2, 0) is 9.53 Å². The molecule has 0 aliphatic carbocycles. The van der Waals surface area contributed by atoms with Gasteiger partial charge in [-0.3, -0.25) is 9.36 Å². The lowest BCUT2D eigenvalue weighted by Crippen LogP contribution is -2.38. The summed E-state index contributed by atoms with van der Waals surface area (Å²) in [7, 11) is 1.31. The fourth-order valence-electron chi connectivity index (χ4n) is 3.44. The molecule has 4 rings (SSSR count). The molecule has 0 amide bonds. The fraction of sp³-hybridized carbons (Fsp3) is 0.125. The Bertz CT molecular complexity index is 1440. The molecule has 2 aromatic carbocycles. The number of hydrogen-bond acceptors (Lipinski definition) is 5. The molecule has 1 aliphatic rings. The Labute approximate surface area is 198 Å². The highest BCUT2D eigenvalue weighted by Crippen LogP contribution is 2.26. The summed E-state index contributed by atoms with van der Waals surface area (Å²) in [5.74, 6) is -0.524. The van der Waals surface area contributed by atoms with Crippen LogP contribution in [0.15, 0.2) is 75.7 Å². The molecule has 0 unspecified atom stereocenters. The number of nitrogens with zero attached hydrogens (tertiary/aromatic N) is 2. The van der Waals surface area contributed by atoms with Gasteiger partial charge in [-0.1, -0.05) is 83.1 Å². The standard InChI is InChI=1S/C24H18Cl2N2O3S/c1-14-21(23(30)31-2)19(11-8-15-6-4-3-5-7-15)28-22(29)20(32-24(28)27-14)12-16-9-10-17(25)13-18(16)26/h3-13,19H,1-2H3/b11-8+,20-12?/t19-/m1/s1. The third-order valence-electron chi connectivity index (χ3n) is 4.99. The zero-order valence-corrected chi connectivity index (χ0v) is 19.5.